The van der Waals surface area contributed by atoms with Crippen LogP contribution in [0.1, 0.15) is 36.8 Å². The molecule has 0 saturated heterocycles. The highest BCUT2D eigenvalue weighted by Crippen LogP contribution is 2.34. The minimum atomic E-state index is -4.45. The minimum absolute atomic E-state index is 0.0355. The summed E-state index contributed by atoms with van der Waals surface area (Å²) >= 11 is 0. The maximum Gasteiger partial charge on any atom is 0.416 e. The third-order valence-electron chi connectivity index (χ3n) is 5.95. The fraction of sp³-hybridized carbons (Fsp3) is 0.391. The number of hydrogen-bond donors (Lipinski definition) is 1. The van der Waals surface area contributed by atoms with E-state index in [1.54, 1.807) is 30.3 Å². The smallest absolute Gasteiger partial charge is 0.323 e. The van der Waals surface area contributed by atoms with Gasteiger partial charge in [-0.2, -0.15) is 13.2 Å². The highest BCUT2D eigenvalue weighted by Gasteiger charge is 2.35. The summed E-state index contributed by atoms with van der Waals surface area (Å²) < 4.78 is 40.5. The largest absolute Gasteiger partial charge is 0.416 e. The fourth-order valence-corrected chi connectivity index (χ4v) is 4.45. The number of nitrogens with one attached hydrogen (secondary N) is 1. The lowest BCUT2D eigenvalue weighted by atomic mass is 10.0. The molecule has 1 heterocycles. The standard InChI is InChI=1S/C23H24F3N3O2/c24-23(25,26)18-10-4-1-7-16(18)13-28(17-8-2-3-9-17)15-22(31)29-14-21(30)27-19-11-5-6-12-20(19)29/h1,4-7,10-12,17H,2-3,8-9,13-15H2,(H,27,30). The Labute approximate surface area is 178 Å². The number of anilines is 2. The van der Waals surface area contributed by atoms with Crippen molar-refractivity contribution in [2.45, 2.75) is 44.4 Å². The van der Waals surface area contributed by atoms with Crippen LogP contribution in [-0.4, -0.2) is 35.8 Å². The van der Waals surface area contributed by atoms with Crippen LogP contribution in [0.4, 0.5) is 24.5 Å². The van der Waals surface area contributed by atoms with Crippen LogP contribution in [0.25, 0.3) is 0 Å². The first kappa shape index (κ1) is 21.4. The summed E-state index contributed by atoms with van der Waals surface area (Å²) in [5.41, 5.74) is 0.649. The maximum atomic E-state index is 13.5. The summed E-state index contributed by atoms with van der Waals surface area (Å²) in [6.45, 7) is -0.111. The summed E-state index contributed by atoms with van der Waals surface area (Å²) in [4.78, 5) is 28.6. The Morgan fingerprint density at radius 3 is 2.48 bits per heavy atom. The van der Waals surface area contributed by atoms with Gasteiger partial charge in [-0.15, -0.1) is 0 Å². The van der Waals surface area contributed by atoms with Gasteiger partial charge in [0.25, 0.3) is 0 Å². The Bertz CT molecular complexity index is 971. The molecule has 164 valence electrons. The number of amides is 2. The van der Waals surface area contributed by atoms with E-state index in [2.05, 4.69) is 5.32 Å². The van der Waals surface area contributed by atoms with Gasteiger partial charge < -0.3 is 5.32 Å². The number of fused-ring (bicyclic) bond motifs is 1. The van der Waals surface area contributed by atoms with Crippen LogP contribution in [0.2, 0.25) is 0 Å². The molecular formula is C23H24F3N3O2. The predicted octanol–water partition coefficient (Wildman–Crippen LogP) is 4.44. The lowest BCUT2D eigenvalue weighted by molar-refractivity contribution is -0.138. The van der Waals surface area contributed by atoms with E-state index < -0.39 is 11.7 Å². The van der Waals surface area contributed by atoms with Gasteiger partial charge in [-0.25, -0.2) is 0 Å². The van der Waals surface area contributed by atoms with Gasteiger partial charge in [-0.05, 0) is 36.6 Å². The SMILES string of the molecule is O=C1CN(C(=O)CN(Cc2ccccc2C(F)(F)F)C2CCCC2)c2ccccc2N1. The molecule has 0 bridgehead atoms. The molecule has 2 aromatic rings. The zero-order valence-electron chi connectivity index (χ0n) is 17.0. The quantitative estimate of drug-likeness (QED) is 0.762. The van der Waals surface area contributed by atoms with Gasteiger partial charge >= 0.3 is 6.18 Å². The van der Waals surface area contributed by atoms with E-state index >= 15 is 0 Å². The van der Waals surface area contributed by atoms with Crippen LogP contribution in [-0.2, 0) is 22.3 Å². The lowest BCUT2D eigenvalue weighted by Crippen LogP contribution is -2.48. The minimum Gasteiger partial charge on any atom is -0.323 e. The molecule has 0 spiro atoms. The van der Waals surface area contributed by atoms with Crippen molar-refractivity contribution in [3.05, 3.63) is 59.7 Å². The third kappa shape index (κ3) is 4.74. The predicted molar refractivity (Wildman–Crippen MR) is 112 cm³/mol. The molecule has 2 aromatic carbocycles. The second-order valence-corrected chi connectivity index (χ2v) is 8.04. The zero-order chi connectivity index (χ0) is 22.0. The number of nitrogens with zero attached hydrogens (tertiary/aromatic N) is 2. The molecular weight excluding hydrogens is 407 g/mol. The highest BCUT2D eigenvalue weighted by molar-refractivity contribution is 6.10. The van der Waals surface area contributed by atoms with E-state index in [1.807, 2.05) is 4.90 Å². The van der Waals surface area contributed by atoms with Gasteiger partial charge in [0.2, 0.25) is 11.8 Å². The highest BCUT2D eigenvalue weighted by atomic mass is 19.4. The monoisotopic (exact) mass is 431 g/mol. The molecule has 2 amide bonds. The summed E-state index contributed by atoms with van der Waals surface area (Å²) in [6, 6.07) is 12.6. The molecule has 1 N–H and O–H groups in total. The van der Waals surface area contributed by atoms with E-state index in [9.17, 15) is 22.8 Å². The normalized spacial score (nSPS) is 17.0. The van der Waals surface area contributed by atoms with E-state index in [0.717, 1.165) is 31.7 Å². The second-order valence-electron chi connectivity index (χ2n) is 8.04. The van der Waals surface area contributed by atoms with Crippen LogP contribution in [0, 0.1) is 0 Å². The van der Waals surface area contributed by atoms with Crippen molar-refractivity contribution < 1.29 is 22.8 Å². The van der Waals surface area contributed by atoms with Gasteiger partial charge in [-0.1, -0.05) is 43.2 Å². The molecule has 1 aliphatic heterocycles. The van der Waals surface area contributed by atoms with Gasteiger partial charge in [0.1, 0.15) is 6.54 Å². The summed E-state index contributed by atoms with van der Waals surface area (Å²) in [5.74, 6) is -0.583. The molecule has 0 aromatic heterocycles. The van der Waals surface area contributed by atoms with E-state index in [1.165, 1.54) is 17.0 Å². The first-order valence-corrected chi connectivity index (χ1v) is 10.4. The molecule has 31 heavy (non-hydrogen) atoms. The average Bonchev–Trinajstić information content (AvgIpc) is 3.27. The Balaban J connectivity index is 1.59. The first-order valence-electron chi connectivity index (χ1n) is 10.4. The third-order valence-corrected chi connectivity index (χ3v) is 5.95. The molecule has 0 radical (unpaired) electrons. The van der Waals surface area contributed by atoms with Crippen LogP contribution in [0.15, 0.2) is 48.5 Å². The number of para-hydroxylation sites is 2. The van der Waals surface area contributed by atoms with E-state index in [0.29, 0.717) is 11.4 Å². The van der Waals surface area contributed by atoms with Crippen molar-refractivity contribution in [3.63, 3.8) is 0 Å². The summed E-state index contributed by atoms with van der Waals surface area (Å²) in [7, 11) is 0. The molecule has 1 aliphatic carbocycles. The van der Waals surface area contributed by atoms with Crippen molar-refractivity contribution in [1.82, 2.24) is 4.90 Å². The van der Waals surface area contributed by atoms with Crippen molar-refractivity contribution >= 4 is 23.2 Å². The summed E-state index contributed by atoms with van der Waals surface area (Å²) in [5, 5.41) is 2.75. The Morgan fingerprint density at radius 1 is 1.06 bits per heavy atom. The molecule has 5 nitrogen and oxygen atoms in total. The number of carbonyl (C=O) groups is 2. The topological polar surface area (TPSA) is 52.7 Å². The molecule has 2 aliphatic rings. The van der Waals surface area contributed by atoms with Crippen molar-refractivity contribution in [2.24, 2.45) is 0 Å². The Morgan fingerprint density at radius 2 is 1.74 bits per heavy atom. The number of carbonyl (C=O) groups excluding carboxylic acids is 2. The van der Waals surface area contributed by atoms with E-state index in [4.69, 9.17) is 0 Å². The number of halogens is 3. The maximum absolute atomic E-state index is 13.5. The number of rotatable bonds is 5. The number of hydrogen-bond acceptors (Lipinski definition) is 3. The molecule has 4 rings (SSSR count). The summed E-state index contributed by atoms with van der Waals surface area (Å²) in [6.07, 6.45) is -0.778. The van der Waals surface area contributed by atoms with Crippen LogP contribution in [0.3, 0.4) is 0 Å². The molecule has 0 atom stereocenters. The Kier molecular flexibility index (Phi) is 6.00. The van der Waals surface area contributed by atoms with Gasteiger partial charge in [-0.3, -0.25) is 19.4 Å². The number of benzene rings is 2. The van der Waals surface area contributed by atoms with Gasteiger partial charge in [0, 0.05) is 12.6 Å². The van der Waals surface area contributed by atoms with Crippen LogP contribution < -0.4 is 10.2 Å². The molecule has 1 saturated carbocycles. The zero-order valence-corrected chi connectivity index (χ0v) is 17.0. The van der Waals surface area contributed by atoms with Crippen molar-refractivity contribution in [2.75, 3.05) is 23.3 Å². The fourth-order valence-electron chi connectivity index (χ4n) is 4.45. The van der Waals surface area contributed by atoms with Gasteiger partial charge in [0.05, 0.1) is 23.5 Å². The first-order chi connectivity index (χ1) is 14.8. The van der Waals surface area contributed by atoms with Crippen molar-refractivity contribution in [1.29, 1.82) is 0 Å². The van der Waals surface area contributed by atoms with E-state index in [-0.39, 0.29) is 43.1 Å². The average molecular weight is 431 g/mol. The number of alkyl halides is 3. The van der Waals surface area contributed by atoms with Crippen LogP contribution in [0.5, 0.6) is 0 Å². The molecule has 8 heteroatoms. The molecule has 0 unspecified atom stereocenters. The molecule has 1 fully saturated rings. The van der Waals surface area contributed by atoms with Gasteiger partial charge in [0.15, 0.2) is 0 Å². The van der Waals surface area contributed by atoms with Crippen molar-refractivity contribution in [3.8, 4) is 0 Å². The Hall–Kier alpha value is -2.87. The van der Waals surface area contributed by atoms with Crippen LogP contribution >= 0.6 is 0 Å². The second kappa shape index (κ2) is 8.70. The lowest BCUT2D eigenvalue weighted by Gasteiger charge is -2.34.